The Morgan fingerprint density at radius 1 is 1.00 bits per heavy atom. The molecule has 214 valence electrons. The quantitative estimate of drug-likeness (QED) is 0.203. The van der Waals surface area contributed by atoms with E-state index in [1.165, 1.54) is 18.1 Å². The van der Waals surface area contributed by atoms with E-state index in [1.807, 2.05) is 59.2 Å². The van der Waals surface area contributed by atoms with Crippen molar-refractivity contribution >= 4 is 43.1 Å². The number of nitrogens with one attached hydrogen (secondary N) is 1. The number of ether oxygens (including phenoxy) is 2. The topological polar surface area (TPSA) is 111 Å². The predicted molar refractivity (Wildman–Crippen MR) is 162 cm³/mol. The largest absolute Gasteiger partial charge is 0.493 e. The fourth-order valence-electron chi connectivity index (χ4n) is 4.57. The maximum Gasteiger partial charge on any atom is 0.162 e. The molecule has 3 aromatic carbocycles. The molecule has 0 saturated heterocycles. The van der Waals surface area contributed by atoms with Crippen LogP contribution in [0, 0.1) is 0 Å². The van der Waals surface area contributed by atoms with Gasteiger partial charge in [-0.1, -0.05) is 30.3 Å². The summed E-state index contributed by atoms with van der Waals surface area (Å²) in [5.41, 5.74) is 3.85. The summed E-state index contributed by atoms with van der Waals surface area (Å²) < 4.78 is 36.5. The Balaban J connectivity index is 1.30. The van der Waals surface area contributed by atoms with Crippen molar-refractivity contribution in [3.8, 4) is 11.5 Å². The molecule has 0 aliphatic heterocycles. The van der Waals surface area contributed by atoms with Gasteiger partial charge in [0.1, 0.15) is 22.0 Å². The highest BCUT2D eigenvalue weighted by molar-refractivity contribution is 7.90. The van der Waals surface area contributed by atoms with Gasteiger partial charge in [-0.2, -0.15) is 5.10 Å². The van der Waals surface area contributed by atoms with Crippen molar-refractivity contribution in [1.82, 2.24) is 24.6 Å². The first-order valence-corrected chi connectivity index (χ1v) is 15.4. The van der Waals surface area contributed by atoms with Crippen molar-refractivity contribution in [1.29, 1.82) is 0 Å². The normalized spacial score (nSPS) is 11.8. The minimum atomic E-state index is -2.98. The van der Waals surface area contributed by atoms with Crippen LogP contribution in [-0.4, -0.2) is 78.9 Å². The number of hydrogen-bond donors (Lipinski definition) is 1. The highest BCUT2D eigenvalue weighted by Gasteiger charge is 2.13. The summed E-state index contributed by atoms with van der Waals surface area (Å²) in [6.45, 7) is 2.36. The molecule has 0 amide bonds. The molecule has 0 radical (unpaired) electrons. The number of fused-ring (bicyclic) bond motifs is 2. The molecule has 0 fully saturated rings. The van der Waals surface area contributed by atoms with Crippen molar-refractivity contribution in [2.75, 3.05) is 51.2 Å². The van der Waals surface area contributed by atoms with Crippen molar-refractivity contribution < 1.29 is 17.9 Å². The molecule has 0 spiro atoms. The molecule has 0 atom stereocenters. The zero-order valence-corrected chi connectivity index (χ0v) is 24.3. The average molecular weight is 575 g/mol. The molecule has 2 heterocycles. The van der Waals surface area contributed by atoms with E-state index >= 15 is 0 Å². The Morgan fingerprint density at radius 2 is 1.83 bits per heavy atom. The molecule has 10 nitrogen and oxygen atoms in total. The number of benzene rings is 3. The lowest BCUT2D eigenvalue weighted by molar-refractivity contribution is 0.259. The highest BCUT2D eigenvalue weighted by Crippen LogP contribution is 2.35. The summed E-state index contributed by atoms with van der Waals surface area (Å²) >= 11 is 0. The Morgan fingerprint density at radius 3 is 2.61 bits per heavy atom. The van der Waals surface area contributed by atoms with Gasteiger partial charge in [-0.3, -0.25) is 4.68 Å². The molecular formula is C30H34N6O4S. The van der Waals surface area contributed by atoms with E-state index in [2.05, 4.69) is 44.6 Å². The van der Waals surface area contributed by atoms with Crippen LogP contribution in [0.3, 0.4) is 0 Å². The van der Waals surface area contributed by atoms with E-state index in [0.717, 1.165) is 33.9 Å². The molecule has 11 heteroatoms. The summed E-state index contributed by atoms with van der Waals surface area (Å²) in [5.74, 6) is 1.97. The molecule has 2 aromatic heterocycles. The van der Waals surface area contributed by atoms with Crippen LogP contribution in [-0.2, 0) is 16.4 Å². The Labute approximate surface area is 239 Å². The maximum absolute atomic E-state index is 11.4. The van der Waals surface area contributed by atoms with Crippen LogP contribution < -0.4 is 14.8 Å². The predicted octanol–water partition coefficient (Wildman–Crippen LogP) is 4.53. The fraction of sp³-hybridized carbons (Fsp3) is 0.300. The molecule has 0 saturated carbocycles. The summed E-state index contributed by atoms with van der Waals surface area (Å²) in [7, 11) is 0.521. The standard InChI is InChI=1S/C30H34N6O4S/c1-35(13-15-41(3,37)38)12-7-14-40-29-17-25-26(18-28(29)39-2)31-21-32-30(25)34-24-10-11-27-23(16-24)19-33-36(27)20-22-8-5-4-6-9-22/h4-6,8-11,16-19,21H,7,12-15,20H2,1-3H3,(H,31,32,34). The van der Waals surface area contributed by atoms with E-state index in [4.69, 9.17) is 9.47 Å². The van der Waals surface area contributed by atoms with Crippen LogP contribution >= 0.6 is 0 Å². The Hall–Kier alpha value is -4.22. The first-order valence-electron chi connectivity index (χ1n) is 13.4. The van der Waals surface area contributed by atoms with Crippen molar-refractivity contribution in [2.24, 2.45) is 0 Å². The molecule has 0 unspecified atom stereocenters. The van der Waals surface area contributed by atoms with E-state index in [1.54, 1.807) is 7.11 Å². The van der Waals surface area contributed by atoms with Crippen molar-refractivity contribution in [2.45, 2.75) is 13.0 Å². The monoisotopic (exact) mass is 574 g/mol. The van der Waals surface area contributed by atoms with Gasteiger partial charge in [-0.15, -0.1) is 0 Å². The highest BCUT2D eigenvalue weighted by atomic mass is 32.2. The minimum absolute atomic E-state index is 0.140. The number of rotatable bonds is 13. The molecule has 5 rings (SSSR count). The van der Waals surface area contributed by atoms with Gasteiger partial charge in [0.2, 0.25) is 0 Å². The zero-order chi connectivity index (χ0) is 28.8. The second-order valence-corrected chi connectivity index (χ2v) is 12.3. The first kappa shape index (κ1) is 28.3. The molecule has 0 aliphatic rings. The van der Waals surface area contributed by atoms with E-state index in [9.17, 15) is 8.42 Å². The van der Waals surface area contributed by atoms with Gasteiger partial charge < -0.3 is 19.7 Å². The summed E-state index contributed by atoms with van der Waals surface area (Å²) in [6, 6.07) is 20.1. The summed E-state index contributed by atoms with van der Waals surface area (Å²) in [4.78, 5) is 10.9. The van der Waals surface area contributed by atoms with Crippen LogP contribution in [0.1, 0.15) is 12.0 Å². The molecule has 0 aliphatic carbocycles. The summed E-state index contributed by atoms with van der Waals surface area (Å²) in [5, 5.41) is 9.84. The zero-order valence-electron chi connectivity index (χ0n) is 23.4. The number of hydrogen-bond acceptors (Lipinski definition) is 9. The van der Waals surface area contributed by atoms with Crippen molar-refractivity contribution in [3.05, 3.63) is 78.8 Å². The van der Waals surface area contributed by atoms with Gasteiger partial charge in [-0.25, -0.2) is 18.4 Å². The van der Waals surface area contributed by atoms with Gasteiger partial charge in [0.05, 0.1) is 43.2 Å². The Bertz CT molecular complexity index is 1740. The Kier molecular flexibility index (Phi) is 8.65. The van der Waals surface area contributed by atoms with Gasteiger partial charge >= 0.3 is 0 Å². The van der Waals surface area contributed by atoms with Crippen LogP contribution in [0.4, 0.5) is 11.5 Å². The lowest BCUT2D eigenvalue weighted by Gasteiger charge is -2.17. The molecule has 41 heavy (non-hydrogen) atoms. The minimum Gasteiger partial charge on any atom is -0.493 e. The lowest BCUT2D eigenvalue weighted by Crippen LogP contribution is -2.27. The van der Waals surface area contributed by atoms with Gasteiger partial charge in [0.15, 0.2) is 11.5 Å². The maximum atomic E-state index is 11.4. The first-order chi connectivity index (χ1) is 19.8. The number of aromatic nitrogens is 4. The molecule has 5 aromatic rings. The van der Waals surface area contributed by atoms with Crippen LogP contribution in [0.25, 0.3) is 21.8 Å². The van der Waals surface area contributed by atoms with Crippen LogP contribution in [0.2, 0.25) is 0 Å². The van der Waals surface area contributed by atoms with Gasteiger partial charge in [-0.05, 0) is 43.3 Å². The molecule has 0 bridgehead atoms. The van der Waals surface area contributed by atoms with Crippen LogP contribution in [0.5, 0.6) is 11.5 Å². The SMILES string of the molecule is COc1cc2ncnc(Nc3ccc4c(cnn4Cc4ccccc4)c3)c2cc1OCCCN(C)CCS(C)(=O)=O. The summed E-state index contributed by atoms with van der Waals surface area (Å²) in [6.07, 6.45) is 5.38. The third-order valence-electron chi connectivity index (χ3n) is 6.79. The van der Waals surface area contributed by atoms with E-state index < -0.39 is 9.84 Å². The number of methoxy groups -OCH3 is 1. The smallest absolute Gasteiger partial charge is 0.162 e. The van der Waals surface area contributed by atoms with Crippen molar-refractivity contribution in [3.63, 3.8) is 0 Å². The average Bonchev–Trinajstić information content (AvgIpc) is 3.36. The van der Waals surface area contributed by atoms with Gasteiger partial charge in [0.25, 0.3) is 0 Å². The van der Waals surface area contributed by atoms with E-state index in [0.29, 0.717) is 43.6 Å². The third kappa shape index (κ3) is 7.30. The molecular weight excluding hydrogens is 540 g/mol. The number of nitrogens with zero attached hydrogens (tertiary/aromatic N) is 5. The third-order valence-corrected chi connectivity index (χ3v) is 7.71. The second kappa shape index (κ2) is 12.5. The molecule has 1 N–H and O–H groups in total. The number of anilines is 2. The van der Waals surface area contributed by atoms with Crippen LogP contribution in [0.15, 0.2) is 73.2 Å². The number of sulfone groups is 1. The second-order valence-electron chi connectivity index (χ2n) is 10.1. The van der Waals surface area contributed by atoms with E-state index in [-0.39, 0.29) is 5.75 Å². The fourth-order valence-corrected chi connectivity index (χ4v) is 5.21. The lowest BCUT2D eigenvalue weighted by atomic mass is 10.2. The van der Waals surface area contributed by atoms with Gasteiger partial charge in [0, 0.05) is 41.9 Å².